The molecule has 4 atom stereocenters. The molecule has 1 unspecified atom stereocenters. The van der Waals surface area contributed by atoms with Crippen molar-refractivity contribution >= 4 is 24.0 Å². The van der Waals surface area contributed by atoms with Gasteiger partial charge in [-0.05, 0) is 50.4 Å². The van der Waals surface area contributed by atoms with Crippen LogP contribution in [0.25, 0.3) is 0 Å². The molecular weight excluding hydrogens is 324 g/mol. The van der Waals surface area contributed by atoms with E-state index in [1.165, 1.54) is 0 Å². The Bertz CT molecular complexity index is 466. The number of hydrogen-bond donors (Lipinski definition) is 0. The molecule has 0 aromatic rings. The van der Waals surface area contributed by atoms with Gasteiger partial charge < -0.3 is 0 Å². The van der Waals surface area contributed by atoms with Crippen LogP contribution in [-0.4, -0.2) is 37.1 Å². The molecule has 0 spiro atoms. The van der Waals surface area contributed by atoms with Gasteiger partial charge in [0.2, 0.25) is 0 Å². The van der Waals surface area contributed by atoms with Crippen LogP contribution in [0.1, 0.15) is 78.1 Å². The van der Waals surface area contributed by atoms with Gasteiger partial charge in [-0.2, -0.15) is 0 Å². The minimum Gasteiger partial charge on any atom is -0.299 e. The number of unbranched alkanes of at least 4 members (excludes halogenated alkanes) is 3. The fraction of sp³-hybridized carbons (Fsp3) is 0.818. The van der Waals surface area contributed by atoms with Gasteiger partial charge in [0.05, 0.1) is 11.8 Å². The molecule has 2 rings (SSSR count). The van der Waals surface area contributed by atoms with Gasteiger partial charge in [0.15, 0.2) is 0 Å². The van der Waals surface area contributed by atoms with Crippen molar-refractivity contribution < 1.29 is 9.59 Å². The number of ketones is 2. The topological polar surface area (TPSA) is 58.9 Å². The van der Waals surface area contributed by atoms with E-state index in [1.807, 2.05) is 12.4 Å². The maximum atomic E-state index is 11.9. The van der Waals surface area contributed by atoms with E-state index in [1.54, 1.807) is 0 Å². The van der Waals surface area contributed by atoms with Crippen LogP contribution < -0.4 is 0 Å². The van der Waals surface area contributed by atoms with Crippen molar-refractivity contribution in [2.45, 2.75) is 78.1 Å². The number of Topliss-reactive ketones (excluding diaryl/α,β-unsaturated/α-hetero) is 2. The summed E-state index contributed by atoms with van der Waals surface area (Å²) < 4.78 is 0. The highest BCUT2D eigenvalue weighted by atomic mass is 16.1. The summed E-state index contributed by atoms with van der Waals surface area (Å²) in [6.45, 7) is 5.97. The second kappa shape index (κ2) is 11.4. The number of hydrogen-bond acceptors (Lipinski definition) is 4. The molecule has 0 bridgehead atoms. The highest BCUT2D eigenvalue weighted by molar-refractivity contribution is 5.96. The zero-order valence-electron chi connectivity index (χ0n) is 16.7. The summed E-state index contributed by atoms with van der Waals surface area (Å²) in [5.41, 5.74) is 0. The first-order valence-corrected chi connectivity index (χ1v) is 10.6. The maximum Gasteiger partial charge on any atom is 0.141 e. The fourth-order valence-electron chi connectivity index (χ4n) is 3.92. The van der Waals surface area contributed by atoms with E-state index in [4.69, 9.17) is 0 Å². The van der Waals surface area contributed by atoms with Crippen molar-refractivity contribution in [3.8, 4) is 0 Å². The van der Waals surface area contributed by atoms with Crippen molar-refractivity contribution in [2.24, 2.45) is 33.7 Å². The van der Waals surface area contributed by atoms with Crippen molar-refractivity contribution in [1.29, 1.82) is 0 Å². The monoisotopic (exact) mass is 360 g/mol. The number of carbonyl (C=O) groups excluding carboxylic acids is 2. The molecule has 26 heavy (non-hydrogen) atoms. The molecule has 146 valence electrons. The molecule has 0 aliphatic heterocycles. The summed E-state index contributed by atoms with van der Waals surface area (Å²) in [6.07, 6.45) is 14.0. The molecule has 2 fully saturated rings. The van der Waals surface area contributed by atoms with Gasteiger partial charge in [0.25, 0.3) is 0 Å². The average Bonchev–Trinajstić information content (AvgIpc) is 2.59. The van der Waals surface area contributed by atoms with Gasteiger partial charge in [-0.15, -0.1) is 0 Å². The Hall–Kier alpha value is -1.32. The SMILES string of the molecule is C[C@@H]1CCC(C=NCCCCCCN=C[C@H]2CC[C@H](C)CC2=O)C(=O)C1. The highest BCUT2D eigenvalue weighted by Crippen LogP contribution is 2.25. The minimum absolute atomic E-state index is 0.0750. The molecule has 4 heteroatoms. The van der Waals surface area contributed by atoms with Crippen molar-refractivity contribution in [3.05, 3.63) is 0 Å². The smallest absolute Gasteiger partial charge is 0.141 e. The third-order valence-corrected chi connectivity index (χ3v) is 5.76. The van der Waals surface area contributed by atoms with E-state index >= 15 is 0 Å². The second-order valence-electron chi connectivity index (χ2n) is 8.44. The van der Waals surface area contributed by atoms with Crippen LogP contribution in [-0.2, 0) is 9.59 Å². The molecule has 0 N–H and O–H groups in total. The lowest BCUT2D eigenvalue weighted by Crippen LogP contribution is -2.24. The van der Waals surface area contributed by atoms with Crippen molar-refractivity contribution in [1.82, 2.24) is 0 Å². The lowest BCUT2D eigenvalue weighted by atomic mass is 9.82. The van der Waals surface area contributed by atoms with Crippen LogP contribution in [0.15, 0.2) is 9.98 Å². The Morgan fingerprint density at radius 2 is 1.15 bits per heavy atom. The lowest BCUT2D eigenvalue weighted by Gasteiger charge is -2.21. The Morgan fingerprint density at radius 1 is 0.731 bits per heavy atom. The first kappa shape index (κ1) is 21.0. The molecule has 0 radical (unpaired) electrons. The standard InChI is InChI=1S/C22H36N2O2/c1-17-7-9-19(21(25)13-17)15-23-11-5-3-4-6-12-24-16-20-10-8-18(2)14-22(20)26/h15-20H,3-14H2,1-2H3/t17-,18+,19+,20?/m0/s1. The second-order valence-corrected chi connectivity index (χ2v) is 8.44. The summed E-state index contributed by atoms with van der Waals surface area (Å²) in [6, 6.07) is 0. The predicted octanol–water partition coefficient (Wildman–Crippen LogP) is 4.70. The Kier molecular flexibility index (Phi) is 9.21. The van der Waals surface area contributed by atoms with E-state index in [0.717, 1.165) is 77.3 Å². The van der Waals surface area contributed by atoms with Gasteiger partial charge in [0.1, 0.15) is 11.6 Å². The Labute approximate surface area is 159 Å². The van der Waals surface area contributed by atoms with Crippen molar-refractivity contribution in [2.75, 3.05) is 13.1 Å². The van der Waals surface area contributed by atoms with E-state index in [2.05, 4.69) is 23.8 Å². The zero-order chi connectivity index (χ0) is 18.8. The molecule has 2 saturated carbocycles. The average molecular weight is 361 g/mol. The molecular formula is C22H36N2O2. The number of nitrogens with zero attached hydrogens (tertiary/aromatic N) is 2. The quantitative estimate of drug-likeness (QED) is 0.442. The molecule has 2 aliphatic carbocycles. The van der Waals surface area contributed by atoms with Crippen LogP contribution >= 0.6 is 0 Å². The first-order valence-electron chi connectivity index (χ1n) is 10.6. The lowest BCUT2D eigenvalue weighted by molar-refractivity contribution is -0.124. The van der Waals surface area contributed by atoms with Gasteiger partial charge in [-0.1, -0.05) is 26.7 Å². The predicted molar refractivity (Wildman–Crippen MR) is 108 cm³/mol. The third kappa shape index (κ3) is 7.51. The van der Waals surface area contributed by atoms with E-state index < -0.39 is 0 Å². The number of aliphatic imine (C=N–C) groups is 2. The molecule has 0 amide bonds. The van der Waals surface area contributed by atoms with E-state index in [0.29, 0.717) is 23.4 Å². The summed E-state index contributed by atoms with van der Waals surface area (Å²) >= 11 is 0. The first-order chi connectivity index (χ1) is 12.6. The van der Waals surface area contributed by atoms with Gasteiger partial charge >= 0.3 is 0 Å². The maximum absolute atomic E-state index is 11.9. The van der Waals surface area contributed by atoms with Gasteiger partial charge in [0, 0.05) is 38.4 Å². The Morgan fingerprint density at radius 3 is 1.54 bits per heavy atom. The van der Waals surface area contributed by atoms with E-state index in [-0.39, 0.29) is 11.8 Å². The molecule has 4 nitrogen and oxygen atoms in total. The highest BCUT2D eigenvalue weighted by Gasteiger charge is 2.25. The third-order valence-electron chi connectivity index (χ3n) is 5.76. The van der Waals surface area contributed by atoms with Gasteiger partial charge in [-0.25, -0.2) is 0 Å². The zero-order valence-corrected chi connectivity index (χ0v) is 16.7. The molecule has 0 aromatic heterocycles. The molecule has 0 heterocycles. The van der Waals surface area contributed by atoms with Crippen LogP contribution in [0.4, 0.5) is 0 Å². The van der Waals surface area contributed by atoms with Crippen LogP contribution in [0.3, 0.4) is 0 Å². The van der Waals surface area contributed by atoms with Crippen LogP contribution in [0.5, 0.6) is 0 Å². The van der Waals surface area contributed by atoms with Crippen LogP contribution in [0, 0.1) is 23.7 Å². The largest absolute Gasteiger partial charge is 0.299 e. The Balaban J connectivity index is 1.47. The van der Waals surface area contributed by atoms with Crippen molar-refractivity contribution in [3.63, 3.8) is 0 Å². The molecule has 0 aromatic carbocycles. The minimum atomic E-state index is 0.0750. The van der Waals surface area contributed by atoms with Crippen LogP contribution in [0.2, 0.25) is 0 Å². The molecule has 2 aliphatic rings. The summed E-state index contributed by atoms with van der Waals surface area (Å²) in [5.74, 6) is 1.99. The normalized spacial score (nSPS) is 30.5. The van der Waals surface area contributed by atoms with Gasteiger partial charge in [-0.3, -0.25) is 19.6 Å². The van der Waals surface area contributed by atoms with E-state index in [9.17, 15) is 9.59 Å². The fourth-order valence-corrected chi connectivity index (χ4v) is 3.92. The summed E-state index contributed by atoms with van der Waals surface area (Å²) in [7, 11) is 0. The summed E-state index contributed by atoms with van der Waals surface area (Å²) in [4.78, 5) is 32.7. The molecule has 0 saturated heterocycles. The number of carbonyl (C=O) groups is 2. The summed E-state index contributed by atoms with van der Waals surface area (Å²) in [5, 5.41) is 0. The number of rotatable bonds is 9.